The van der Waals surface area contributed by atoms with Crippen molar-refractivity contribution in [3.8, 4) is 11.5 Å². The van der Waals surface area contributed by atoms with Crippen LogP contribution in [0, 0.1) is 5.92 Å². The van der Waals surface area contributed by atoms with Crippen LogP contribution in [0.1, 0.15) is 61.8 Å². The molecule has 1 N–H and O–H groups in total. The van der Waals surface area contributed by atoms with Gasteiger partial charge in [0.2, 0.25) is 0 Å². The van der Waals surface area contributed by atoms with Crippen molar-refractivity contribution in [2.45, 2.75) is 51.0 Å². The van der Waals surface area contributed by atoms with Crippen LogP contribution in [0.4, 0.5) is 0 Å². The van der Waals surface area contributed by atoms with E-state index in [9.17, 15) is 5.11 Å². The molecule has 1 aliphatic rings. The normalized spacial score (nSPS) is 19.2. The maximum atomic E-state index is 11.5. The molecule has 1 saturated carbocycles. The molecule has 0 aromatic heterocycles. The summed E-state index contributed by atoms with van der Waals surface area (Å²) in [5, 5.41) is 11.5. The van der Waals surface area contributed by atoms with Gasteiger partial charge in [-0.05, 0) is 61.8 Å². The molecule has 4 rings (SSSR count). The average molecular weight is 428 g/mol. The summed E-state index contributed by atoms with van der Waals surface area (Å²) >= 11 is 0. The monoisotopic (exact) mass is 427 g/mol. The van der Waals surface area contributed by atoms with E-state index in [2.05, 4.69) is 38.1 Å². The Morgan fingerprint density at radius 3 is 2.00 bits per heavy atom. The number of hydrogen-bond donors (Lipinski definition) is 1. The van der Waals surface area contributed by atoms with E-state index in [1.165, 1.54) is 12.8 Å². The van der Waals surface area contributed by atoms with Crippen molar-refractivity contribution >= 4 is 6.21 Å². The quantitative estimate of drug-likeness (QED) is 0.349. The van der Waals surface area contributed by atoms with Crippen LogP contribution in [-0.4, -0.2) is 24.5 Å². The van der Waals surface area contributed by atoms with Gasteiger partial charge in [0.25, 0.3) is 0 Å². The SMILES string of the molecule is COc1cc(C=NC2CCC(C)CC2)c(O)c(C(C)(c2ccccc2)c2ccccc2)c1. The van der Waals surface area contributed by atoms with Gasteiger partial charge in [-0.3, -0.25) is 4.99 Å². The Kier molecular flexibility index (Phi) is 6.64. The molecule has 0 amide bonds. The molecule has 3 nitrogen and oxygen atoms in total. The molecule has 3 heteroatoms. The summed E-state index contributed by atoms with van der Waals surface area (Å²) in [4.78, 5) is 4.85. The largest absolute Gasteiger partial charge is 0.507 e. The van der Waals surface area contributed by atoms with E-state index >= 15 is 0 Å². The fraction of sp³-hybridized carbons (Fsp3) is 0.345. The topological polar surface area (TPSA) is 41.8 Å². The third kappa shape index (κ3) is 4.43. The van der Waals surface area contributed by atoms with Crippen molar-refractivity contribution in [2.75, 3.05) is 7.11 Å². The summed E-state index contributed by atoms with van der Waals surface area (Å²) in [5.74, 6) is 1.76. The first kappa shape index (κ1) is 22.1. The molecule has 0 spiro atoms. The second kappa shape index (κ2) is 9.60. The molecular weight excluding hydrogens is 394 g/mol. The van der Waals surface area contributed by atoms with Gasteiger partial charge in [0.15, 0.2) is 0 Å². The van der Waals surface area contributed by atoms with Crippen LogP contribution in [0.5, 0.6) is 11.5 Å². The van der Waals surface area contributed by atoms with E-state index in [0.29, 0.717) is 11.6 Å². The number of phenols is 1. The summed E-state index contributed by atoms with van der Waals surface area (Å²) in [6, 6.07) is 24.8. The first-order chi connectivity index (χ1) is 15.5. The molecule has 166 valence electrons. The van der Waals surface area contributed by atoms with E-state index in [4.69, 9.17) is 9.73 Å². The maximum absolute atomic E-state index is 11.5. The van der Waals surface area contributed by atoms with E-state index in [0.717, 1.165) is 41.2 Å². The lowest BCUT2D eigenvalue weighted by Gasteiger charge is -2.33. The fourth-order valence-electron chi connectivity index (χ4n) is 4.82. The lowest BCUT2D eigenvalue weighted by atomic mass is 9.70. The number of ether oxygens (including phenoxy) is 1. The minimum atomic E-state index is -0.552. The van der Waals surface area contributed by atoms with Gasteiger partial charge in [0, 0.05) is 28.8 Å². The maximum Gasteiger partial charge on any atom is 0.129 e. The minimum absolute atomic E-state index is 0.258. The Labute approximate surface area is 191 Å². The van der Waals surface area contributed by atoms with E-state index in [1.807, 2.05) is 54.7 Å². The Hall–Kier alpha value is -3.07. The Bertz CT molecular complexity index is 1010. The number of rotatable bonds is 6. The second-order valence-electron chi connectivity index (χ2n) is 9.16. The van der Waals surface area contributed by atoms with Crippen molar-refractivity contribution in [2.24, 2.45) is 10.9 Å². The predicted molar refractivity (Wildman–Crippen MR) is 132 cm³/mol. The molecule has 3 aromatic carbocycles. The van der Waals surface area contributed by atoms with Crippen LogP contribution in [0.3, 0.4) is 0 Å². The Morgan fingerprint density at radius 2 is 1.47 bits per heavy atom. The Morgan fingerprint density at radius 1 is 0.906 bits per heavy atom. The summed E-state index contributed by atoms with van der Waals surface area (Å²) < 4.78 is 5.65. The molecule has 32 heavy (non-hydrogen) atoms. The van der Waals surface area contributed by atoms with Gasteiger partial charge >= 0.3 is 0 Å². The Balaban J connectivity index is 1.82. The summed E-state index contributed by atoms with van der Waals surface area (Å²) in [6.45, 7) is 4.48. The molecule has 0 unspecified atom stereocenters. The standard InChI is InChI=1S/C29H33NO2/c1-21-14-16-25(17-15-21)30-20-22-18-26(32-3)19-27(28(22)31)29(2,23-10-6-4-7-11-23)24-12-8-5-9-13-24/h4-13,18-21,25,31H,14-17H2,1-3H3. The fourth-order valence-corrected chi connectivity index (χ4v) is 4.82. The number of benzene rings is 3. The number of hydrogen-bond acceptors (Lipinski definition) is 3. The number of methoxy groups -OCH3 is 1. The number of aliphatic imine (C=N–C) groups is 1. The second-order valence-corrected chi connectivity index (χ2v) is 9.16. The number of nitrogens with zero attached hydrogens (tertiary/aromatic N) is 1. The third-order valence-corrected chi connectivity index (χ3v) is 7.00. The smallest absolute Gasteiger partial charge is 0.129 e. The van der Waals surface area contributed by atoms with Crippen molar-refractivity contribution < 1.29 is 9.84 Å². The highest BCUT2D eigenvalue weighted by molar-refractivity contribution is 5.86. The van der Waals surface area contributed by atoms with Gasteiger partial charge in [0.1, 0.15) is 11.5 Å². The van der Waals surface area contributed by atoms with Crippen LogP contribution in [-0.2, 0) is 5.41 Å². The predicted octanol–water partition coefficient (Wildman–Crippen LogP) is 6.75. The average Bonchev–Trinajstić information content (AvgIpc) is 2.85. The summed E-state index contributed by atoms with van der Waals surface area (Å²) in [5.41, 5.74) is 3.19. The summed E-state index contributed by atoms with van der Waals surface area (Å²) in [6.07, 6.45) is 6.51. The van der Waals surface area contributed by atoms with E-state index < -0.39 is 5.41 Å². The minimum Gasteiger partial charge on any atom is -0.507 e. The zero-order valence-electron chi connectivity index (χ0n) is 19.3. The molecule has 1 aliphatic carbocycles. The van der Waals surface area contributed by atoms with Gasteiger partial charge in [0.05, 0.1) is 7.11 Å². The highest BCUT2D eigenvalue weighted by atomic mass is 16.5. The molecule has 0 heterocycles. The molecule has 0 radical (unpaired) electrons. The van der Waals surface area contributed by atoms with Crippen molar-refractivity contribution in [1.82, 2.24) is 0 Å². The molecule has 1 fully saturated rings. The van der Waals surface area contributed by atoms with Crippen molar-refractivity contribution in [1.29, 1.82) is 0 Å². The van der Waals surface area contributed by atoms with Crippen molar-refractivity contribution in [3.63, 3.8) is 0 Å². The third-order valence-electron chi connectivity index (χ3n) is 7.00. The van der Waals surface area contributed by atoms with Crippen LogP contribution in [0.2, 0.25) is 0 Å². The molecular formula is C29H33NO2. The highest BCUT2D eigenvalue weighted by Crippen LogP contribution is 2.45. The lowest BCUT2D eigenvalue weighted by Crippen LogP contribution is -2.26. The highest BCUT2D eigenvalue weighted by Gasteiger charge is 2.34. The lowest BCUT2D eigenvalue weighted by molar-refractivity contribution is 0.350. The van der Waals surface area contributed by atoms with Gasteiger partial charge in [-0.1, -0.05) is 67.6 Å². The van der Waals surface area contributed by atoms with Gasteiger partial charge in [-0.15, -0.1) is 0 Å². The van der Waals surface area contributed by atoms with Crippen LogP contribution < -0.4 is 4.74 Å². The van der Waals surface area contributed by atoms with E-state index in [-0.39, 0.29) is 5.75 Å². The van der Waals surface area contributed by atoms with E-state index in [1.54, 1.807) is 7.11 Å². The van der Waals surface area contributed by atoms with Crippen LogP contribution >= 0.6 is 0 Å². The van der Waals surface area contributed by atoms with Crippen molar-refractivity contribution in [3.05, 3.63) is 95.1 Å². The summed E-state index contributed by atoms with van der Waals surface area (Å²) in [7, 11) is 1.67. The zero-order valence-corrected chi connectivity index (χ0v) is 19.3. The molecule has 3 aromatic rings. The first-order valence-corrected chi connectivity index (χ1v) is 11.6. The number of aromatic hydroxyl groups is 1. The molecule has 0 atom stereocenters. The van der Waals surface area contributed by atoms with Crippen LogP contribution in [0.15, 0.2) is 77.8 Å². The van der Waals surface area contributed by atoms with Gasteiger partial charge in [-0.2, -0.15) is 0 Å². The molecule has 0 bridgehead atoms. The molecule has 0 aliphatic heterocycles. The van der Waals surface area contributed by atoms with Gasteiger partial charge in [-0.25, -0.2) is 0 Å². The van der Waals surface area contributed by atoms with Crippen LogP contribution in [0.25, 0.3) is 0 Å². The van der Waals surface area contributed by atoms with Gasteiger partial charge < -0.3 is 9.84 Å². The zero-order chi connectivity index (χ0) is 22.6. The molecule has 0 saturated heterocycles. The first-order valence-electron chi connectivity index (χ1n) is 11.6. The number of phenolic OH excluding ortho intramolecular Hbond substituents is 1.